The van der Waals surface area contributed by atoms with Gasteiger partial charge in [-0.1, -0.05) is 52.5 Å². The van der Waals surface area contributed by atoms with Crippen molar-refractivity contribution in [2.75, 3.05) is 0 Å². The molecule has 0 heterocycles. The number of rotatable bonds is 1. The fourth-order valence-corrected chi connectivity index (χ4v) is 2.55. The van der Waals surface area contributed by atoms with Crippen LogP contribution in [0, 0.1) is 13.0 Å². The zero-order chi connectivity index (χ0) is 12.6. The van der Waals surface area contributed by atoms with Crippen LogP contribution in [-0.2, 0) is 0 Å². The first-order valence-corrected chi connectivity index (χ1v) is 6.33. The van der Waals surface area contributed by atoms with E-state index in [4.69, 9.17) is 46.4 Å². The van der Waals surface area contributed by atoms with Gasteiger partial charge in [0.25, 0.3) is 0 Å². The van der Waals surface area contributed by atoms with Gasteiger partial charge in [0.1, 0.15) is 0 Å². The number of benzene rings is 2. The second-order valence-corrected chi connectivity index (χ2v) is 5.20. The van der Waals surface area contributed by atoms with Gasteiger partial charge in [-0.25, -0.2) is 0 Å². The summed E-state index contributed by atoms with van der Waals surface area (Å²) in [6.45, 7) is 1.94. The van der Waals surface area contributed by atoms with Gasteiger partial charge < -0.3 is 0 Å². The van der Waals surface area contributed by atoms with Crippen molar-refractivity contribution in [2.45, 2.75) is 6.92 Å². The third-order valence-electron chi connectivity index (χ3n) is 2.43. The molecular formula is C13H7Cl4. The topological polar surface area (TPSA) is 0 Å². The van der Waals surface area contributed by atoms with Gasteiger partial charge in [-0.05, 0) is 36.2 Å². The first-order valence-electron chi connectivity index (χ1n) is 4.82. The van der Waals surface area contributed by atoms with E-state index in [-0.39, 0.29) is 0 Å². The summed E-state index contributed by atoms with van der Waals surface area (Å²) in [5, 5.41) is 1.98. The molecule has 0 N–H and O–H groups in total. The van der Waals surface area contributed by atoms with Crippen molar-refractivity contribution in [3.05, 3.63) is 56.0 Å². The molecule has 2 aromatic carbocycles. The lowest BCUT2D eigenvalue weighted by Crippen LogP contribution is -1.87. The van der Waals surface area contributed by atoms with Crippen molar-refractivity contribution in [2.24, 2.45) is 0 Å². The molecule has 0 fully saturated rings. The molecule has 0 amide bonds. The standard InChI is InChI=1S/C13H7Cl4/c1-7-6-8(14)2-3-9(7)12-10(15)4-5-11(16)13(12)17/h2-3,5-6H,1H3. The minimum Gasteiger partial charge on any atom is -0.0843 e. The Hall–Kier alpha value is -0.400. The average Bonchev–Trinajstić information content (AvgIpc) is 2.27. The second-order valence-electron chi connectivity index (χ2n) is 3.60. The van der Waals surface area contributed by atoms with E-state index in [1.807, 2.05) is 19.1 Å². The lowest BCUT2D eigenvalue weighted by atomic mass is 10.0. The molecule has 0 bridgehead atoms. The van der Waals surface area contributed by atoms with Crippen molar-refractivity contribution in [1.29, 1.82) is 0 Å². The molecule has 0 nitrogen and oxygen atoms in total. The van der Waals surface area contributed by atoms with Gasteiger partial charge in [0.15, 0.2) is 0 Å². The SMILES string of the molecule is Cc1cc(Cl)ccc1-c1c(Cl)[c]cc(Cl)c1Cl. The largest absolute Gasteiger partial charge is 0.0843 e. The molecule has 17 heavy (non-hydrogen) atoms. The van der Waals surface area contributed by atoms with E-state index >= 15 is 0 Å². The molecule has 2 aromatic rings. The Morgan fingerprint density at radius 2 is 1.76 bits per heavy atom. The predicted molar refractivity (Wildman–Crippen MR) is 75.5 cm³/mol. The summed E-state index contributed by atoms with van der Waals surface area (Å²) in [5.74, 6) is 0. The monoisotopic (exact) mass is 303 g/mol. The van der Waals surface area contributed by atoms with E-state index in [1.54, 1.807) is 12.1 Å². The number of halogens is 4. The highest BCUT2D eigenvalue weighted by Gasteiger charge is 2.14. The molecule has 2 rings (SSSR count). The zero-order valence-corrected chi connectivity index (χ0v) is 11.8. The van der Waals surface area contributed by atoms with E-state index < -0.39 is 0 Å². The van der Waals surface area contributed by atoms with E-state index in [2.05, 4.69) is 6.07 Å². The number of hydrogen-bond acceptors (Lipinski definition) is 0. The van der Waals surface area contributed by atoms with Crippen LogP contribution < -0.4 is 0 Å². The first-order chi connectivity index (χ1) is 8.00. The summed E-state index contributed by atoms with van der Waals surface area (Å²) >= 11 is 24.2. The fraction of sp³-hybridized carbons (Fsp3) is 0.0769. The maximum atomic E-state index is 6.18. The van der Waals surface area contributed by atoms with Gasteiger partial charge in [0.05, 0.1) is 15.1 Å². The van der Waals surface area contributed by atoms with Crippen molar-refractivity contribution < 1.29 is 0 Å². The Kier molecular flexibility index (Phi) is 3.89. The first kappa shape index (κ1) is 13.0. The highest BCUT2D eigenvalue weighted by atomic mass is 35.5. The molecule has 0 unspecified atom stereocenters. The minimum atomic E-state index is 0.431. The smallest absolute Gasteiger partial charge is 0.0686 e. The Bertz CT molecular complexity index is 576. The molecular weight excluding hydrogens is 298 g/mol. The summed E-state index contributed by atoms with van der Waals surface area (Å²) in [7, 11) is 0. The van der Waals surface area contributed by atoms with Gasteiger partial charge in [-0.15, -0.1) is 0 Å². The van der Waals surface area contributed by atoms with Crippen molar-refractivity contribution in [1.82, 2.24) is 0 Å². The molecule has 0 aliphatic rings. The highest BCUT2D eigenvalue weighted by molar-refractivity contribution is 6.46. The molecule has 1 radical (unpaired) electrons. The maximum Gasteiger partial charge on any atom is 0.0686 e. The summed E-state index contributed by atoms with van der Waals surface area (Å²) in [6, 6.07) is 9.93. The van der Waals surface area contributed by atoms with Crippen LogP contribution >= 0.6 is 46.4 Å². The lowest BCUT2D eigenvalue weighted by molar-refractivity contribution is 1.46. The van der Waals surface area contributed by atoms with E-state index in [9.17, 15) is 0 Å². The molecule has 0 aliphatic heterocycles. The van der Waals surface area contributed by atoms with Crippen molar-refractivity contribution >= 4 is 46.4 Å². The van der Waals surface area contributed by atoms with Crippen molar-refractivity contribution in [3.63, 3.8) is 0 Å². The zero-order valence-electron chi connectivity index (χ0n) is 8.82. The van der Waals surface area contributed by atoms with Crippen LogP contribution in [0.3, 0.4) is 0 Å². The second kappa shape index (κ2) is 5.07. The lowest BCUT2D eigenvalue weighted by Gasteiger charge is -2.11. The third-order valence-corrected chi connectivity index (χ3v) is 3.75. The van der Waals surface area contributed by atoms with Crippen LogP contribution in [0.4, 0.5) is 0 Å². The normalized spacial score (nSPS) is 10.6. The molecule has 0 atom stereocenters. The molecule has 0 aromatic heterocycles. The van der Waals surface area contributed by atoms with E-state index in [0.29, 0.717) is 25.7 Å². The van der Waals surface area contributed by atoms with Gasteiger partial charge in [-0.2, -0.15) is 0 Å². The molecule has 0 aliphatic carbocycles. The quantitative estimate of drug-likeness (QED) is 0.560. The van der Waals surface area contributed by atoms with Gasteiger partial charge in [-0.3, -0.25) is 0 Å². The fourth-order valence-electron chi connectivity index (χ4n) is 1.62. The minimum absolute atomic E-state index is 0.431. The Morgan fingerprint density at radius 1 is 1.06 bits per heavy atom. The van der Waals surface area contributed by atoms with Crippen LogP contribution in [0.2, 0.25) is 20.1 Å². The summed E-state index contributed by atoms with van der Waals surface area (Å²) < 4.78 is 0. The highest BCUT2D eigenvalue weighted by Crippen LogP contribution is 2.40. The molecule has 0 spiro atoms. The van der Waals surface area contributed by atoms with Crippen LogP contribution in [0.1, 0.15) is 5.56 Å². The van der Waals surface area contributed by atoms with Crippen LogP contribution in [-0.4, -0.2) is 0 Å². The van der Waals surface area contributed by atoms with Gasteiger partial charge >= 0.3 is 0 Å². The Labute approximate surface area is 120 Å². The van der Waals surface area contributed by atoms with Gasteiger partial charge in [0, 0.05) is 16.7 Å². The predicted octanol–water partition coefficient (Wildman–Crippen LogP) is 6.08. The molecule has 0 saturated heterocycles. The van der Waals surface area contributed by atoms with E-state index in [1.165, 1.54) is 0 Å². The summed E-state index contributed by atoms with van der Waals surface area (Å²) in [6.07, 6.45) is 0. The molecule has 0 saturated carbocycles. The molecule has 4 heteroatoms. The maximum absolute atomic E-state index is 6.18. The Balaban J connectivity index is 2.72. The molecule has 87 valence electrons. The van der Waals surface area contributed by atoms with Crippen molar-refractivity contribution in [3.8, 4) is 11.1 Å². The average molecular weight is 305 g/mol. The van der Waals surface area contributed by atoms with E-state index in [0.717, 1.165) is 11.1 Å². The third kappa shape index (κ3) is 2.56. The number of aryl methyl sites for hydroxylation is 1. The van der Waals surface area contributed by atoms with Crippen LogP contribution in [0.5, 0.6) is 0 Å². The Morgan fingerprint density at radius 3 is 2.41 bits per heavy atom. The van der Waals surface area contributed by atoms with Crippen LogP contribution in [0.15, 0.2) is 24.3 Å². The van der Waals surface area contributed by atoms with Gasteiger partial charge in [0.2, 0.25) is 0 Å². The number of hydrogen-bond donors (Lipinski definition) is 0. The summed E-state index contributed by atoms with van der Waals surface area (Å²) in [5.41, 5.74) is 2.58. The summed E-state index contributed by atoms with van der Waals surface area (Å²) in [4.78, 5) is 0. The van der Waals surface area contributed by atoms with Crippen LogP contribution in [0.25, 0.3) is 11.1 Å².